The average molecular weight is 151 g/mol. The van der Waals surface area contributed by atoms with E-state index in [4.69, 9.17) is 0 Å². The number of nitroso groups, excluding NO2 is 1. The zero-order valence-electron chi connectivity index (χ0n) is 6.28. The first kappa shape index (κ1) is 7.85. The number of hydrogen-bond acceptors (Lipinski definition) is 3. The monoisotopic (exact) mass is 151 g/mol. The fourth-order valence-corrected chi connectivity index (χ4v) is 0.994. The van der Waals surface area contributed by atoms with Crippen LogP contribution in [0.2, 0.25) is 0 Å². The Morgan fingerprint density at radius 1 is 1.64 bits per heavy atom. The molecule has 1 aliphatic rings. The Balaban J connectivity index is 2.82. The molecule has 3 heteroatoms. The summed E-state index contributed by atoms with van der Waals surface area (Å²) in [6, 6.07) is -0.442. The maximum Gasteiger partial charge on any atom is 0.181 e. The van der Waals surface area contributed by atoms with E-state index in [9.17, 15) is 9.70 Å². The normalized spacial score (nSPS) is 23.2. The molecule has 58 valence electrons. The molecule has 1 atom stereocenters. The Labute approximate surface area is 64.8 Å². The molecule has 1 aliphatic carbocycles. The predicted octanol–water partition coefficient (Wildman–Crippen LogP) is 1.60. The maximum absolute atomic E-state index is 11.0. The molecular weight excluding hydrogens is 142 g/mol. The number of nitrogens with zero attached hydrogens (tertiary/aromatic N) is 1. The number of ketones is 1. The molecule has 0 fully saturated rings. The third kappa shape index (κ3) is 1.61. The molecule has 0 spiro atoms. The van der Waals surface area contributed by atoms with Crippen LogP contribution >= 0.6 is 0 Å². The minimum absolute atomic E-state index is 0.00704. The Kier molecular flexibility index (Phi) is 2.31. The van der Waals surface area contributed by atoms with Gasteiger partial charge in [-0.1, -0.05) is 12.1 Å². The van der Waals surface area contributed by atoms with Gasteiger partial charge >= 0.3 is 0 Å². The van der Waals surface area contributed by atoms with Crippen molar-refractivity contribution in [1.29, 1.82) is 0 Å². The molecule has 0 bridgehead atoms. The van der Waals surface area contributed by atoms with E-state index >= 15 is 0 Å². The number of allylic oxidation sites excluding steroid dienone is 2. The van der Waals surface area contributed by atoms with E-state index in [0.717, 1.165) is 0 Å². The predicted molar refractivity (Wildman–Crippen MR) is 42.1 cm³/mol. The van der Waals surface area contributed by atoms with Gasteiger partial charge in [0.2, 0.25) is 0 Å². The Morgan fingerprint density at radius 3 is 2.91 bits per heavy atom. The second kappa shape index (κ2) is 3.23. The van der Waals surface area contributed by atoms with Gasteiger partial charge in [-0.3, -0.25) is 4.79 Å². The van der Waals surface area contributed by atoms with Crippen LogP contribution in [-0.4, -0.2) is 11.8 Å². The molecule has 1 unspecified atom stereocenters. The number of carbonyl (C=O) groups excluding carboxylic acids is 1. The maximum atomic E-state index is 11.0. The summed E-state index contributed by atoms with van der Waals surface area (Å²) < 4.78 is 0. The van der Waals surface area contributed by atoms with E-state index < -0.39 is 6.04 Å². The van der Waals surface area contributed by atoms with Crippen molar-refractivity contribution in [1.82, 2.24) is 0 Å². The van der Waals surface area contributed by atoms with Crippen LogP contribution in [0, 0.1) is 4.91 Å². The van der Waals surface area contributed by atoms with Crippen molar-refractivity contribution in [3.8, 4) is 0 Å². The molecule has 0 aromatic rings. The summed E-state index contributed by atoms with van der Waals surface area (Å²) in [7, 11) is 0. The number of hydrogen-bond donors (Lipinski definition) is 0. The summed E-state index contributed by atoms with van der Waals surface area (Å²) in [4.78, 5) is 21.1. The summed E-state index contributed by atoms with van der Waals surface area (Å²) in [5.74, 6) is -0.00704. The van der Waals surface area contributed by atoms with Gasteiger partial charge in [0, 0.05) is 0 Å². The summed E-state index contributed by atoms with van der Waals surface area (Å²) in [5, 5.41) is 2.81. The molecule has 3 nitrogen and oxygen atoms in total. The summed E-state index contributed by atoms with van der Waals surface area (Å²) >= 11 is 0. The van der Waals surface area contributed by atoms with Crippen molar-refractivity contribution in [3.05, 3.63) is 28.7 Å². The van der Waals surface area contributed by atoms with E-state index in [1.807, 2.05) is 6.92 Å². The second-order valence-corrected chi connectivity index (χ2v) is 2.36. The van der Waals surface area contributed by atoms with Gasteiger partial charge in [-0.2, -0.15) is 0 Å². The van der Waals surface area contributed by atoms with E-state index in [0.29, 0.717) is 12.0 Å². The van der Waals surface area contributed by atoms with Crippen LogP contribution in [0.25, 0.3) is 0 Å². The van der Waals surface area contributed by atoms with Gasteiger partial charge in [0.25, 0.3) is 0 Å². The smallest absolute Gasteiger partial charge is 0.181 e. The van der Waals surface area contributed by atoms with Crippen molar-refractivity contribution in [2.75, 3.05) is 0 Å². The largest absolute Gasteiger partial charge is 0.290 e. The minimum atomic E-state index is -0.442. The lowest BCUT2D eigenvalue weighted by Crippen LogP contribution is -2.08. The first-order valence-electron chi connectivity index (χ1n) is 3.53. The van der Waals surface area contributed by atoms with Crippen molar-refractivity contribution in [3.63, 3.8) is 0 Å². The van der Waals surface area contributed by atoms with Crippen LogP contribution in [-0.2, 0) is 4.79 Å². The van der Waals surface area contributed by atoms with Gasteiger partial charge in [0.15, 0.2) is 5.78 Å². The van der Waals surface area contributed by atoms with Crippen molar-refractivity contribution >= 4 is 5.78 Å². The fourth-order valence-electron chi connectivity index (χ4n) is 0.994. The van der Waals surface area contributed by atoms with E-state index in [1.165, 1.54) is 12.2 Å². The Bertz CT molecular complexity index is 240. The highest BCUT2D eigenvalue weighted by molar-refractivity contribution is 6.05. The highest BCUT2D eigenvalue weighted by Crippen LogP contribution is 2.12. The lowest BCUT2D eigenvalue weighted by Gasteiger charge is -2.06. The van der Waals surface area contributed by atoms with Crippen LogP contribution in [0.3, 0.4) is 0 Å². The molecule has 0 aromatic heterocycles. The fraction of sp³-hybridized carbons (Fsp3) is 0.375. The summed E-state index contributed by atoms with van der Waals surface area (Å²) in [6.45, 7) is 1.88. The van der Waals surface area contributed by atoms with Gasteiger partial charge in [-0.15, -0.1) is 4.91 Å². The number of rotatable bonds is 2. The molecular formula is C8H9NO2. The molecule has 0 amide bonds. The number of carbonyl (C=O) groups is 1. The van der Waals surface area contributed by atoms with Crippen molar-refractivity contribution in [2.24, 2.45) is 5.18 Å². The Morgan fingerprint density at radius 2 is 2.36 bits per heavy atom. The molecule has 11 heavy (non-hydrogen) atoms. The lowest BCUT2D eigenvalue weighted by atomic mass is 10.00. The highest BCUT2D eigenvalue weighted by Gasteiger charge is 2.12. The molecule has 0 N–H and O–H groups in total. The van der Waals surface area contributed by atoms with Crippen LogP contribution in [0.5, 0.6) is 0 Å². The van der Waals surface area contributed by atoms with Crippen LogP contribution in [0.4, 0.5) is 0 Å². The van der Waals surface area contributed by atoms with Gasteiger partial charge in [0.05, 0.1) is 0 Å². The van der Waals surface area contributed by atoms with Gasteiger partial charge in [-0.05, 0) is 30.2 Å². The average Bonchev–Trinajstić information content (AvgIpc) is 2.05. The molecule has 0 aromatic carbocycles. The topological polar surface area (TPSA) is 46.5 Å². The van der Waals surface area contributed by atoms with Crippen molar-refractivity contribution < 1.29 is 4.79 Å². The molecule has 0 heterocycles. The zero-order chi connectivity index (χ0) is 8.27. The van der Waals surface area contributed by atoms with Crippen LogP contribution < -0.4 is 0 Å². The van der Waals surface area contributed by atoms with Crippen LogP contribution in [0.1, 0.15) is 13.3 Å². The highest BCUT2D eigenvalue weighted by atomic mass is 16.3. The standard InChI is InChI=1S/C8H9NO2/c1-2-6-5-7(9-11)3-4-8(6)10/h3-5,7H,2H2,1H3. The SMILES string of the molecule is CCC1=CC(N=O)C=CC1=O. The third-order valence-electron chi connectivity index (χ3n) is 1.64. The van der Waals surface area contributed by atoms with Crippen LogP contribution in [0.15, 0.2) is 29.0 Å². The van der Waals surface area contributed by atoms with E-state index in [1.54, 1.807) is 6.08 Å². The van der Waals surface area contributed by atoms with Gasteiger partial charge in [0.1, 0.15) is 6.04 Å². The first-order chi connectivity index (χ1) is 5.27. The second-order valence-electron chi connectivity index (χ2n) is 2.36. The molecule has 0 saturated heterocycles. The Hall–Kier alpha value is -1.25. The first-order valence-corrected chi connectivity index (χ1v) is 3.53. The summed E-state index contributed by atoms with van der Waals surface area (Å²) in [6.07, 6.45) is 5.18. The lowest BCUT2D eigenvalue weighted by molar-refractivity contribution is -0.111. The van der Waals surface area contributed by atoms with Crippen molar-refractivity contribution in [2.45, 2.75) is 19.4 Å². The minimum Gasteiger partial charge on any atom is -0.290 e. The van der Waals surface area contributed by atoms with Gasteiger partial charge in [-0.25, -0.2) is 0 Å². The van der Waals surface area contributed by atoms with E-state index in [-0.39, 0.29) is 5.78 Å². The molecule has 0 aliphatic heterocycles. The van der Waals surface area contributed by atoms with Gasteiger partial charge < -0.3 is 0 Å². The molecule has 0 radical (unpaired) electrons. The summed E-state index contributed by atoms with van der Waals surface area (Å²) in [5.41, 5.74) is 0.678. The third-order valence-corrected chi connectivity index (χ3v) is 1.64. The molecule has 0 saturated carbocycles. The van der Waals surface area contributed by atoms with E-state index in [2.05, 4.69) is 5.18 Å². The zero-order valence-corrected chi connectivity index (χ0v) is 6.28. The quantitative estimate of drug-likeness (QED) is 0.562. The molecule has 1 rings (SSSR count).